The van der Waals surface area contributed by atoms with Crippen LogP contribution >= 0.6 is 0 Å². The van der Waals surface area contributed by atoms with Gasteiger partial charge < -0.3 is 0 Å². The normalized spacial score (nSPS) is 11.9. The highest BCUT2D eigenvalue weighted by Gasteiger charge is 2.11. The molecule has 6 heteroatoms. The lowest BCUT2D eigenvalue weighted by atomic mass is 10.3. The summed E-state index contributed by atoms with van der Waals surface area (Å²) >= 11 is 0. The molecule has 0 aliphatic rings. The van der Waals surface area contributed by atoms with E-state index >= 15 is 0 Å². The molecule has 0 aliphatic carbocycles. The van der Waals surface area contributed by atoms with Crippen LogP contribution in [0.2, 0.25) is 0 Å². The SMILES string of the molecule is CCn1ncc(CS(N)(=O)=O)c1C. The highest BCUT2D eigenvalue weighted by molar-refractivity contribution is 7.88. The molecule has 1 rings (SSSR count). The maximum absolute atomic E-state index is 10.8. The Hall–Kier alpha value is -0.880. The molecule has 0 spiro atoms. The fourth-order valence-electron chi connectivity index (χ4n) is 1.16. The summed E-state index contributed by atoms with van der Waals surface area (Å²) < 4.78 is 23.3. The Kier molecular flexibility index (Phi) is 2.72. The number of nitrogens with two attached hydrogens (primary N) is 1. The molecule has 0 saturated carbocycles. The van der Waals surface area contributed by atoms with Crippen molar-refractivity contribution in [2.45, 2.75) is 26.1 Å². The molecule has 1 aromatic heterocycles. The summed E-state index contributed by atoms with van der Waals surface area (Å²) in [5.74, 6) is -0.140. The maximum Gasteiger partial charge on any atom is 0.213 e. The highest BCUT2D eigenvalue weighted by Crippen LogP contribution is 2.09. The predicted molar refractivity (Wildman–Crippen MR) is 49.4 cm³/mol. The molecule has 1 heterocycles. The molecule has 13 heavy (non-hydrogen) atoms. The van der Waals surface area contributed by atoms with Crippen LogP contribution in [-0.2, 0) is 22.3 Å². The fourth-order valence-corrected chi connectivity index (χ4v) is 1.88. The van der Waals surface area contributed by atoms with Crippen molar-refractivity contribution in [1.82, 2.24) is 9.78 Å². The average Bonchev–Trinajstić information content (AvgIpc) is 2.30. The van der Waals surface area contributed by atoms with Gasteiger partial charge in [-0.25, -0.2) is 13.6 Å². The van der Waals surface area contributed by atoms with Crippen molar-refractivity contribution in [3.8, 4) is 0 Å². The Labute approximate surface area is 77.6 Å². The van der Waals surface area contributed by atoms with Crippen LogP contribution in [0.5, 0.6) is 0 Å². The Morgan fingerprint density at radius 3 is 2.62 bits per heavy atom. The van der Waals surface area contributed by atoms with Crippen molar-refractivity contribution in [3.05, 3.63) is 17.5 Å². The Morgan fingerprint density at radius 1 is 1.62 bits per heavy atom. The molecule has 5 nitrogen and oxygen atoms in total. The number of primary sulfonamides is 1. The molecule has 0 radical (unpaired) electrons. The van der Waals surface area contributed by atoms with E-state index in [0.717, 1.165) is 12.2 Å². The van der Waals surface area contributed by atoms with Crippen molar-refractivity contribution < 1.29 is 8.42 Å². The summed E-state index contributed by atoms with van der Waals surface area (Å²) in [7, 11) is -3.45. The maximum atomic E-state index is 10.8. The Morgan fingerprint density at radius 2 is 2.23 bits per heavy atom. The molecule has 1 aromatic rings. The van der Waals surface area contributed by atoms with Gasteiger partial charge in [0.2, 0.25) is 10.0 Å². The smallest absolute Gasteiger partial charge is 0.213 e. The van der Waals surface area contributed by atoms with E-state index in [4.69, 9.17) is 5.14 Å². The molecule has 0 bridgehead atoms. The zero-order chi connectivity index (χ0) is 10.1. The number of sulfonamides is 1. The minimum Gasteiger partial charge on any atom is -0.270 e. The zero-order valence-electron chi connectivity index (χ0n) is 7.69. The number of hydrogen-bond acceptors (Lipinski definition) is 3. The van der Waals surface area contributed by atoms with Crippen molar-refractivity contribution in [2.24, 2.45) is 5.14 Å². The van der Waals surface area contributed by atoms with Crippen molar-refractivity contribution in [1.29, 1.82) is 0 Å². The molecular formula is C7H13N3O2S. The van der Waals surface area contributed by atoms with E-state index < -0.39 is 10.0 Å². The van der Waals surface area contributed by atoms with E-state index in [1.807, 2.05) is 13.8 Å². The van der Waals surface area contributed by atoms with Gasteiger partial charge in [0.25, 0.3) is 0 Å². The third kappa shape index (κ3) is 2.53. The van der Waals surface area contributed by atoms with Crippen molar-refractivity contribution in [3.63, 3.8) is 0 Å². The van der Waals surface area contributed by atoms with E-state index in [9.17, 15) is 8.42 Å². The summed E-state index contributed by atoms with van der Waals surface area (Å²) in [6, 6.07) is 0. The van der Waals surface area contributed by atoms with Crippen LogP contribution in [0.4, 0.5) is 0 Å². The van der Waals surface area contributed by atoms with Gasteiger partial charge in [-0.2, -0.15) is 5.10 Å². The van der Waals surface area contributed by atoms with Gasteiger partial charge in [0.15, 0.2) is 0 Å². The van der Waals surface area contributed by atoms with E-state index in [2.05, 4.69) is 5.10 Å². The quantitative estimate of drug-likeness (QED) is 0.751. The Bertz CT molecular complexity index is 394. The van der Waals surface area contributed by atoms with Crippen LogP contribution in [0.1, 0.15) is 18.2 Å². The summed E-state index contributed by atoms with van der Waals surface area (Å²) in [5, 5.41) is 8.94. The lowest BCUT2D eigenvalue weighted by molar-refractivity contribution is 0.596. The first-order valence-electron chi connectivity index (χ1n) is 3.96. The first-order chi connectivity index (χ1) is 5.94. The Balaban J connectivity index is 2.97. The minimum absolute atomic E-state index is 0.140. The second-order valence-electron chi connectivity index (χ2n) is 2.88. The topological polar surface area (TPSA) is 78.0 Å². The van der Waals surface area contributed by atoms with Gasteiger partial charge >= 0.3 is 0 Å². The summed E-state index contributed by atoms with van der Waals surface area (Å²) in [6.45, 7) is 4.51. The van der Waals surface area contributed by atoms with E-state index in [1.165, 1.54) is 0 Å². The first kappa shape index (κ1) is 10.2. The summed E-state index contributed by atoms with van der Waals surface area (Å²) in [5.41, 5.74) is 1.53. The first-order valence-corrected chi connectivity index (χ1v) is 5.67. The molecule has 0 saturated heterocycles. The number of aryl methyl sites for hydroxylation is 1. The van der Waals surface area contributed by atoms with E-state index in [-0.39, 0.29) is 5.75 Å². The molecule has 0 atom stereocenters. The predicted octanol–water partition coefficient (Wildman–Crippen LogP) is -0.0000800. The summed E-state index contributed by atoms with van der Waals surface area (Å²) in [6.07, 6.45) is 1.54. The zero-order valence-corrected chi connectivity index (χ0v) is 8.50. The molecule has 2 N–H and O–H groups in total. The van der Waals surface area contributed by atoms with Crippen LogP contribution in [-0.4, -0.2) is 18.2 Å². The van der Waals surface area contributed by atoms with Gasteiger partial charge in [-0.15, -0.1) is 0 Å². The second-order valence-corrected chi connectivity index (χ2v) is 4.49. The highest BCUT2D eigenvalue weighted by atomic mass is 32.2. The number of nitrogens with zero attached hydrogens (tertiary/aromatic N) is 2. The van der Waals surface area contributed by atoms with E-state index in [1.54, 1.807) is 10.9 Å². The van der Waals surface area contributed by atoms with Crippen LogP contribution in [0.15, 0.2) is 6.20 Å². The molecule has 0 fully saturated rings. The van der Waals surface area contributed by atoms with Crippen molar-refractivity contribution in [2.75, 3.05) is 0 Å². The van der Waals surface area contributed by atoms with Crippen LogP contribution in [0.25, 0.3) is 0 Å². The van der Waals surface area contributed by atoms with Crippen LogP contribution in [0.3, 0.4) is 0 Å². The third-order valence-electron chi connectivity index (χ3n) is 1.86. The summed E-state index contributed by atoms with van der Waals surface area (Å²) in [4.78, 5) is 0. The van der Waals surface area contributed by atoms with Gasteiger partial charge in [-0.05, 0) is 13.8 Å². The third-order valence-corrected chi connectivity index (χ3v) is 2.57. The molecule has 0 aromatic carbocycles. The number of hydrogen-bond donors (Lipinski definition) is 1. The van der Waals surface area contributed by atoms with Gasteiger partial charge in [-0.3, -0.25) is 4.68 Å². The van der Waals surface area contributed by atoms with Crippen LogP contribution in [0, 0.1) is 6.92 Å². The molecular weight excluding hydrogens is 190 g/mol. The number of rotatable bonds is 3. The second kappa shape index (κ2) is 3.47. The fraction of sp³-hybridized carbons (Fsp3) is 0.571. The van der Waals surface area contributed by atoms with E-state index in [0.29, 0.717) is 5.56 Å². The monoisotopic (exact) mass is 203 g/mol. The lowest BCUT2D eigenvalue weighted by Crippen LogP contribution is -2.15. The molecule has 74 valence electrons. The average molecular weight is 203 g/mol. The largest absolute Gasteiger partial charge is 0.270 e. The molecule has 0 unspecified atom stereocenters. The lowest BCUT2D eigenvalue weighted by Gasteiger charge is -2.00. The standard InChI is InChI=1S/C7H13N3O2S/c1-3-10-6(2)7(4-9-10)5-13(8,11)12/h4H,3,5H2,1-2H3,(H2,8,11,12). The van der Waals surface area contributed by atoms with Gasteiger partial charge in [0.05, 0.1) is 11.9 Å². The molecule has 0 aliphatic heterocycles. The van der Waals surface area contributed by atoms with Gasteiger partial charge in [-0.1, -0.05) is 0 Å². The van der Waals surface area contributed by atoms with Crippen molar-refractivity contribution >= 4 is 10.0 Å². The van der Waals surface area contributed by atoms with Gasteiger partial charge in [0.1, 0.15) is 0 Å². The van der Waals surface area contributed by atoms with Gasteiger partial charge in [0, 0.05) is 17.8 Å². The minimum atomic E-state index is -3.45. The molecule has 0 amide bonds. The van der Waals surface area contributed by atoms with Crippen LogP contribution < -0.4 is 5.14 Å². The number of aromatic nitrogens is 2.